The van der Waals surface area contributed by atoms with Gasteiger partial charge in [0.15, 0.2) is 12.4 Å². The van der Waals surface area contributed by atoms with E-state index < -0.39 is 6.10 Å². The minimum Gasteiger partial charge on any atom is -0.373 e. The van der Waals surface area contributed by atoms with Gasteiger partial charge in [-0.2, -0.15) is 0 Å². The largest absolute Gasteiger partial charge is 0.373 e. The lowest BCUT2D eigenvalue weighted by atomic mass is 10.4. The molecule has 0 radical (unpaired) electrons. The fourth-order valence-electron chi connectivity index (χ4n) is 0.0393. The lowest BCUT2D eigenvalue weighted by Gasteiger charge is -1.80. The molecule has 0 aromatic rings. The molecule has 1 atom stereocenters. The highest BCUT2D eigenvalue weighted by atomic mass is 16.3. The van der Waals surface area contributed by atoms with Gasteiger partial charge < -0.3 is 5.11 Å². The van der Waals surface area contributed by atoms with Gasteiger partial charge in [-0.1, -0.05) is 5.92 Å². The first-order valence-corrected chi connectivity index (χ1v) is 1.40. The molecule has 0 aliphatic rings. The monoisotopic (exact) mass is 84.0 g/mol. The maximum Gasteiger partial charge on any atom is 0.169 e. The van der Waals surface area contributed by atoms with E-state index in [1.54, 1.807) is 5.92 Å². The van der Waals surface area contributed by atoms with Crippen LogP contribution in [0.1, 0.15) is 0 Å². The molecule has 1 N–H and O–H groups in total. The van der Waals surface area contributed by atoms with E-state index in [4.69, 9.17) is 5.11 Å². The van der Waals surface area contributed by atoms with Crippen molar-refractivity contribution in [3.05, 3.63) is 0 Å². The summed E-state index contributed by atoms with van der Waals surface area (Å²) in [6.07, 6.45) is 3.63. The van der Waals surface area contributed by atoms with Crippen LogP contribution >= 0.6 is 0 Å². The summed E-state index contributed by atoms with van der Waals surface area (Å²) in [6, 6.07) is 0. The Labute approximate surface area is 35.8 Å². The number of rotatable bonds is 1. The zero-order valence-electron chi connectivity index (χ0n) is 3.09. The molecule has 0 heterocycles. The third-order valence-corrected chi connectivity index (χ3v) is 0.300. The van der Waals surface area contributed by atoms with Gasteiger partial charge in [0.1, 0.15) is 0 Å². The van der Waals surface area contributed by atoms with Crippen molar-refractivity contribution in [2.45, 2.75) is 6.10 Å². The number of aldehydes is 1. The Morgan fingerprint density at radius 2 is 2.50 bits per heavy atom. The van der Waals surface area contributed by atoms with Gasteiger partial charge in [-0.3, -0.25) is 4.79 Å². The average Bonchev–Trinajstić information content (AvgIpc) is 1.65. The Kier molecular flexibility index (Phi) is 2.10. The zero-order valence-corrected chi connectivity index (χ0v) is 3.09. The van der Waals surface area contributed by atoms with Crippen molar-refractivity contribution >= 4 is 6.29 Å². The number of carbonyl (C=O) groups excluding carboxylic acids is 1. The maximum absolute atomic E-state index is 9.34. The van der Waals surface area contributed by atoms with Crippen LogP contribution in [0.25, 0.3) is 0 Å². The minimum absolute atomic E-state index is 0.292. The van der Waals surface area contributed by atoms with Crippen molar-refractivity contribution in [1.82, 2.24) is 0 Å². The normalized spacial score (nSPS) is 12.0. The van der Waals surface area contributed by atoms with Crippen molar-refractivity contribution in [2.24, 2.45) is 0 Å². The molecule has 0 spiro atoms. The van der Waals surface area contributed by atoms with E-state index in [2.05, 4.69) is 6.42 Å². The SMILES string of the molecule is C#C[C@@H](O)C=O. The predicted octanol–water partition coefficient (Wildman–Crippen LogP) is -0.821. The molecule has 0 fully saturated rings. The Bertz CT molecular complexity index is 80.0. The number of terminal acetylenes is 1. The van der Waals surface area contributed by atoms with Crippen molar-refractivity contribution in [3.63, 3.8) is 0 Å². The topological polar surface area (TPSA) is 37.3 Å². The van der Waals surface area contributed by atoms with Crippen LogP contribution in [-0.4, -0.2) is 17.5 Å². The second-order valence-corrected chi connectivity index (χ2v) is 0.748. The molecule has 0 bridgehead atoms. The minimum atomic E-state index is -1.22. The van der Waals surface area contributed by atoms with Crippen molar-refractivity contribution in [2.75, 3.05) is 0 Å². The third kappa shape index (κ3) is 1.50. The number of aliphatic hydroxyl groups is 1. The van der Waals surface area contributed by atoms with Crippen LogP contribution in [0.2, 0.25) is 0 Å². The fraction of sp³-hybridized carbons (Fsp3) is 0.250. The van der Waals surface area contributed by atoms with Gasteiger partial charge in [0.05, 0.1) is 0 Å². The fourth-order valence-corrected chi connectivity index (χ4v) is 0.0393. The first kappa shape index (κ1) is 5.19. The molecule has 0 saturated carbocycles. The van der Waals surface area contributed by atoms with E-state index in [0.717, 1.165) is 0 Å². The van der Waals surface area contributed by atoms with Crippen LogP contribution in [0, 0.1) is 12.3 Å². The second kappa shape index (κ2) is 2.43. The van der Waals surface area contributed by atoms with Gasteiger partial charge >= 0.3 is 0 Å². The van der Waals surface area contributed by atoms with E-state index in [1.165, 1.54) is 0 Å². The molecule has 0 amide bonds. The maximum atomic E-state index is 9.34. The van der Waals surface area contributed by atoms with Gasteiger partial charge in [0, 0.05) is 0 Å². The number of hydrogen-bond acceptors (Lipinski definition) is 2. The molecule has 0 aromatic heterocycles. The smallest absolute Gasteiger partial charge is 0.169 e. The van der Waals surface area contributed by atoms with Crippen molar-refractivity contribution in [1.29, 1.82) is 0 Å². The van der Waals surface area contributed by atoms with Gasteiger partial charge in [-0.15, -0.1) is 6.42 Å². The molecular weight excluding hydrogens is 80.0 g/mol. The van der Waals surface area contributed by atoms with Gasteiger partial charge in [-0.05, 0) is 0 Å². The molecule has 6 heavy (non-hydrogen) atoms. The summed E-state index contributed by atoms with van der Waals surface area (Å²) in [7, 11) is 0. The average molecular weight is 84.1 g/mol. The highest BCUT2D eigenvalue weighted by Crippen LogP contribution is 1.63. The number of carbonyl (C=O) groups is 1. The summed E-state index contributed by atoms with van der Waals surface area (Å²) in [5, 5.41) is 8.06. The first-order chi connectivity index (χ1) is 2.81. The Morgan fingerprint density at radius 3 is 2.50 bits per heavy atom. The number of aliphatic hydroxyl groups excluding tert-OH is 1. The molecule has 0 aromatic carbocycles. The first-order valence-electron chi connectivity index (χ1n) is 1.40. The van der Waals surface area contributed by atoms with Crippen LogP contribution in [0.4, 0.5) is 0 Å². The van der Waals surface area contributed by atoms with Gasteiger partial charge in [0.25, 0.3) is 0 Å². The molecule has 0 aliphatic heterocycles. The van der Waals surface area contributed by atoms with Crippen LogP contribution in [0.15, 0.2) is 0 Å². The van der Waals surface area contributed by atoms with Crippen LogP contribution in [-0.2, 0) is 4.79 Å². The molecule has 0 unspecified atom stereocenters. The highest BCUT2D eigenvalue weighted by Gasteiger charge is 1.87. The quantitative estimate of drug-likeness (QED) is 0.333. The molecule has 2 heteroatoms. The molecule has 2 nitrogen and oxygen atoms in total. The summed E-state index contributed by atoms with van der Waals surface area (Å²) in [4.78, 5) is 9.34. The Morgan fingerprint density at radius 1 is 2.00 bits per heavy atom. The van der Waals surface area contributed by atoms with Gasteiger partial charge in [-0.25, -0.2) is 0 Å². The van der Waals surface area contributed by atoms with E-state index in [-0.39, 0.29) is 0 Å². The van der Waals surface area contributed by atoms with Crippen molar-refractivity contribution < 1.29 is 9.90 Å². The van der Waals surface area contributed by atoms with Crippen LogP contribution < -0.4 is 0 Å². The Balaban J connectivity index is 3.30. The Hall–Kier alpha value is -0.810. The molecule has 0 rings (SSSR count). The molecule has 0 aliphatic carbocycles. The summed E-state index contributed by atoms with van der Waals surface area (Å²) in [5.74, 6) is 1.80. The standard InChI is InChI=1S/C4H4O2/c1-2-4(6)3-5/h1,3-4,6H/t4-/m1/s1. The molecule has 32 valence electrons. The summed E-state index contributed by atoms with van der Waals surface area (Å²) in [5.41, 5.74) is 0. The predicted molar refractivity (Wildman–Crippen MR) is 20.9 cm³/mol. The van der Waals surface area contributed by atoms with Crippen LogP contribution in [0.3, 0.4) is 0 Å². The van der Waals surface area contributed by atoms with Gasteiger partial charge in [0.2, 0.25) is 0 Å². The van der Waals surface area contributed by atoms with Crippen molar-refractivity contribution in [3.8, 4) is 12.3 Å². The summed E-state index contributed by atoms with van der Waals surface area (Å²) >= 11 is 0. The third-order valence-electron chi connectivity index (χ3n) is 0.300. The molecule has 0 saturated heterocycles. The zero-order chi connectivity index (χ0) is 4.99. The lowest BCUT2D eigenvalue weighted by molar-refractivity contribution is -0.112. The van der Waals surface area contributed by atoms with E-state index in [1.807, 2.05) is 0 Å². The van der Waals surface area contributed by atoms with E-state index in [0.29, 0.717) is 6.29 Å². The lowest BCUT2D eigenvalue weighted by Crippen LogP contribution is -2.01. The summed E-state index contributed by atoms with van der Waals surface area (Å²) < 4.78 is 0. The highest BCUT2D eigenvalue weighted by molar-refractivity contribution is 5.60. The summed E-state index contributed by atoms with van der Waals surface area (Å²) in [6.45, 7) is 0. The molecular formula is C4H4O2. The second-order valence-electron chi connectivity index (χ2n) is 0.748. The van der Waals surface area contributed by atoms with E-state index >= 15 is 0 Å². The number of hydrogen-bond donors (Lipinski definition) is 1. The van der Waals surface area contributed by atoms with Crippen LogP contribution in [0.5, 0.6) is 0 Å². The van der Waals surface area contributed by atoms with E-state index in [9.17, 15) is 4.79 Å².